The van der Waals surface area contributed by atoms with Crippen LogP contribution in [-0.2, 0) is 0 Å². The predicted octanol–water partition coefficient (Wildman–Crippen LogP) is 8.57. The van der Waals surface area contributed by atoms with Gasteiger partial charge in [0.2, 0.25) is 0 Å². The monoisotopic (exact) mass is 468 g/mol. The highest BCUT2D eigenvalue weighted by Gasteiger charge is 2.08. The van der Waals surface area contributed by atoms with Gasteiger partial charge in [-0.1, -0.05) is 73.1 Å². The van der Waals surface area contributed by atoms with E-state index in [-0.39, 0.29) is 0 Å². The third-order valence-corrected chi connectivity index (χ3v) is 6.51. The highest BCUT2D eigenvalue weighted by atomic mass is 79.9. The van der Waals surface area contributed by atoms with Crippen molar-refractivity contribution in [3.05, 3.63) is 35.4 Å². The van der Waals surface area contributed by atoms with Gasteiger partial charge in [-0.05, 0) is 61.8 Å². The molecule has 0 amide bonds. The largest absolute Gasteiger partial charge is 0.494 e. The summed E-state index contributed by atoms with van der Waals surface area (Å²) < 4.78 is 11.8. The van der Waals surface area contributed by atoms with Crippen molar-refractivity contribution in [2.75, 3.05) is 13.2 Å². The zero-order valence-electron chi connectivity index (χ0n) is 17.3. The molecule has 2 aromatic carbocycles. The minimum Gasteiger partial charge on any atom is -0.494 e. The summed E-state index contributed by atoms with van der Waals surface area (Å²) in [5.41, 5.74) is 0. The van der Waals surface area contributed by atoms with Crippen LogP contribution in [0.2, 0.25) is 5.02 Å². The molecule has 28 heavy (non-hydrogen) atoms. The van der Waals surface area contributed by atoms with E-state index < -0.39 is 0 Å². The molecule has 0 bridgehead atoms. The lowest BCUT2D eigenvalue weighted by Gasteiger charge is -2.12. The van der Waals surface area contributed by atoms with Crippen LogP contribution in [0.5, 0.6) is 11.5 Å². The molecule has 0 radical (unpaired) electrons. The molecular formula is C24H34BrClO2. The van der Waals surface area contributed by atoms with Crippen LogP contribution < -0.4 is 9.47 Å². The van der Waals surface area contributed by atoms with E-state index in [9.17, 15) is 0 Å². The van der Waals surface area contributed by atoms with Crippen molar-refractivity contribution in [1.29, 1.82) is 0 Å². The van der Waals surface area contributed by atoms with Gasteiger partial charge in [0.1, 0.15) is 11.5 Å². The number of hydrogen-bond donors (Lipinski definition) is 0. The second-order valence-electron chi connectivity index (χ2n) is 7.37. The fourth-order valence-electron chi connectivity index (χ4n) is 3.20. The van der Waals surface area contributed by atoms with Crippen molar-refractivity contribution >= 4 is 38.3 Å². The molecule has 2 rings (SSSR count). The Morgan fingerprint density at radius 2 is 1.64 bits per heavy atom. The van der Waals surface area contributed by atoms with E-state index in [4.69, 9.17) is 21.1 Å². The number of unbranched alkanes of at least 4 members (excludes halogenated alkanes) is 5. The summed E-state index contributed by atoms with van der Waals surface area (Å²) in [5, 5.41) is 2.79. The number of rotatable bonds is 14. The highest BCUT2D eigenvalue weighted by Crippen LogP contribution is 2.34. The van der Waals surface area contributed by atoms with Gasteiger partial charge in [0, 0.05) is 10.2 Å². The first-order valence-electron chi connectivity index (χ1n) is 10.8. The molecule has 0 fully saturated rings. The first-order chi connectivity index (χ1) is 13.7. The number of ether oxygens (including phenoxy) is 2. The van der Waals surface area contributed by atoms with E-state index in [1.807, 2.05) is 18.2 Å². The quantitative estimate of drug-likeness (QED) is 0.204. The maximum absolute atomic E-state index is 6.58. The maximum Gasteiger partial charge on any atom is 0.138 e. The van der Waals surface area contributed by atoms with Crippen LogP contribution in [0.15, 0.2) is 30.3 Å². The average molecular weight is 470 g/mol. The normalized spacial score (nSPS) is 12.3. The summed E-state index contributed by atoms with van der Waals surface area (Å²) in [6.45, 7) is 5.92. The maximum atomic E-state index is 6.58. The van der Waals surface area contributed by atoms with Gasteiger partial charge in [0.25, 0.3) is 0 Å². The van der Waals surface area contributed by atoms with Crippen molar-refractivity contribution < 1.29 is 9.47 Å². The van der Waals surface area contributed by atoms with Crippen LogP contribution in [0.4, 0.5) is 0 Å². The van der Waals surface area contributed by atoms with Crippen LogP contribution in [0.1, 0.15) is 71.6 Å². The predicted molar refractivity (Wildman–Crippen MR) is 126 cm³/mol. The standard InChI is InChI=1S/C24H34BrClO2/c1-3-5-6-7-9-16-27-21-13-14-22-19(18-21)12-15-23(24(22)26)28-17-10-8-11-20(25)4-2/h12-15,18,20H,3-11,16-17H2,1-2H3. The lowest BCUT2D eigenvalue weighted by atomic mass is 10.1. The molecule has 1 unspecified atom stereocenters. The summed E-state index contributed by atoms with van der Waals surface area (Å²) in [4.78, 5) is 0.615. The molecule has 0 N–H and O–H groups in total. The van der Waals surface area contributed by atoms with E-state index in [2.05, 4.69) is 41.9 Å². The number of fused-ring (bicyclic) bond motifs is 1. The van der Waals surface area contributed by atoms with Crippen molar-refractivity contribution in [3.63, 3.8) is 0 Å². The lowest BCUT2D eigenvalue weighted by molar-refractivity contribution is 0.304. The Balaban J connectivity index is 1.84. The Morgan fingerprint density at radius 3 is 2.43 bits per heavy atom. The minimum absolute atomic E-state index is 0.615. The Bertz CT molecular complexity index is 704. The number of benzene rings is 2. The summed E-state index contributed by atoms with van der Waals surface area (Å²) >= 11 is 10.3. The number of halogens is 2. The zero-order chi connectivity index (χ0) is 20.2. The molecule has 0 spiro atoms. The average Bonchev–Trinajstić information content (AvgIpc) is 2.71. The smallest absolute Gasteiger partial charge is 0.138 e. The molecule has 0 heterocycles. The molecule has 2 aromatic rings. The van der Waals surface area contributed by atoms with E-state index in [0.29, 0.717) is 16.5 Å². The Kier molecular flexibility index (Phi) is 11.1. The topological polar surface area (TPSA) is 18.5 Å². The molecule has 156 valence electrons. The molecule has 0 saturated carbocycles. The van der Waals surface area contributed by atoms with Crippen LogP contribution in [0, 0.1) is 0 Å². The molecule has 1 atom stereocenters. The van der Waals surface area contributed by atoms with Gasteiger partial charge in [-0.2, -0.15) is 0 Å². The van der Waals surface area contributed by atoms with Crippen LogP contribution >= 0.6 is 27.5 Å². The molecule has 4 heteroatoms. The van der Waals surface area contributed by atoms with Crippen molar-refractivity contribution in [1.82, 2.24) is 0 Å². The Hall–Kier alpha value is -0.930. The zero-order valence-corrected chi connectivity index (χ0v) is 19.7. The molecule has 0 aliphatic rings. The fraction of sp³-hybridized carbons (Fsp3) is 0.583. The molecule has 0 aromatic heterocycles. The summed E-state index contributed by atoms with van der Waals surface area (Å²) in [7, 11) is 0. The van der Waals surface area contributed by atoms with Gasteiger partial charge in [-0.25, -0.2) is 0 Å². The van der Waals surface area contributed by atoms with Gasteiger partial charge in [-0.15, -0.1) is 0 Å². The minimum atomic E-state index is 0.615. The van der Waals surface area contributed by atoms with Crippen LogP contribution in [0.3, 0.4) is 0 Å². The van der Waals surface area contributed by atoms with Gasteiger partial charge in [0.15, 0.2) is 0 Å². The SMILES string of the molecule is CCCCCCCOc1ccc2c(Cl)c(OCCCCC(Br)CC)ccc2c1. The van der Waals surface area contributed by atoms with E-state index in [0.717, 1.165) is 48.1 Å². The molecular weight excluding hydrogens is 436 g/mol. The summed E-state index contributed by atoms with van der Waals surface area (Å²) in [6, 6.07) is 10.1. The third kappa shape index (κ3) is 7.83. The van der Waals surface area contributed by atoms with Crippen molar-refractivity contribution in [3.8, 4) is 11.5 Å². The number of alkyl halides is 1. The Morgan fingerprint density at radius 1 is 0.893 bits per heavy atom. The second-order valence-corrected chi connectivity index (χ2v) is 9.05. The van der Waals surface area contributed by atoms with E-state index >= 15 is 0 Å². The van der Waals surface area contributed by atoms with Crippen LogP contribution in [-0.4, -0.2) is 18.0 Å². The van der Waals surface area contributed by atoms with E-state index in [1.165, 1.54) is 38.5 Å². The molecule has 0 aliphatic carbocycles. The summed E-state index contributed by atoms with van der Waals surface area (Å²) in [6.07, 6.45) is 10.8. The third-order valence-electron chi connectivity index (χ3n) is 5.02. The number of hydrogen-bond acceptors (Lipinski definition) is 2. The highest BCUT2D eigenvalue weighted by molar-refractivity contribution is 9.09. The van der Waals surface area contributed by atoms with Gasteiger partial charge >= 0.3 is 0 Å². The molecule has 0 aliphatic heterocycles. The first-order valence-corrected chi connectivity index (χ1v) is 12.1. The van der Waals surface area contributed by atoms with E-state index in [1.54, 1.807) is 0 Å². The summed E-state index contributed by atoms with van der Waals surface area (Å²) in [5.74, 6) is 1.68. The van der Waals surface area contributed by atoms with Crippen molar-refractivity contribution in [2.24, 2.45) is 0 Å². The first kappa shape index (κ1) is 23.3. The molecule has 2 nitrogen and oxygen atoms in total. The Labute approximate surface area is 184 Å². The van der Waals surface area contributed by atoms with Gasteiger partial charge in [0.05, 0.1) is 18.2 Å². The second kappa shape index (κ2) is 13.3. The lowest BCUT2D eigenvalue weighted by Crippen LogP contribution is -2.01. The van der Waals surface area contributed by atoms with Crippen LogP contribution in [0.25, 0.3) is 10.8 Å². The van der Waals surface area contributed by atoms with Gasteiger partial charge < -0.3 is 9.47 Å². The van der Waals surface area contributed by atoms with Crippen molar-refractivity contribution in [2.45, 2.75) is 76.5 Å². The fourth-order valence-corrected chi connectivity index (χ4v) is 3.81. The van der Waals surface area contributed by atoms with Gasteiger partial charge in [-0.3, -0.25) is 0 Å². The molecule has 0 saturated heterocycles.